The summed E-state index contributed by atoms with van der Waals surface area (Å²) in [5.74, 6) is 1.09. The number of H-pyrrole nitrogens is 1. The second kappa shape index (κ2) is 9.37. The van der Waals surface area contributed by atoms with Gasteiger partial charge in [0.05, 0.1) is 17.1 Å². The summed E-state index contributed by atoms with van der Waals surface area (Å²) in [7, 11) is 0. The Hall–Kier alpha value is -3.44. The van der Waals surface area contributed by atoms with Gasteiger partial charge in [-0.15, -0.1) is 0 Å². The van der Waals surface area contributed by atoms with Gasteiger partial charge in [0, 0.05) is 39.0 Å². The number of para-hydroxylation sites is 2. The minimum Gasteiger partial charge on any atom is -0.342 e. The molecule has 0 spiro atoms. The molecule has 5 rings (SSSR count). The van der Waals surface area contributed by atoms with Gasteiger partial charge in [-0.3, -0.25) is 9.69 Å². The summed E-state index contributed by atoms with van der Waals surface area (Å²) in [6, 6.07) is 29.5. The fraction of sp³-hybridized carbons (Fsp3) is 0.259. The van der Waals surface area contributed by atoms with Crippen LogP contribution >= 0.6 is 0 Å². The minimum absolute atomic E-state index is 0.209. The van der Waals surface area contributed by atoms with Crippen LogP contribution in [0.2, 0.25) is 0 Å². The molecular formula is C27H28N4O. The lowest BCUT2D eigenvalue weighted by atomic mass is 9.96. The van der Waals surface area contributed by atoms with Gasteiger partial charge in [0.25, 0.3) is 0 Å². The van der Waals surface area contributed by atoms with Crippen LogP contribution in [0.25, 0.3) is 11.0 Å². The van der Waals surface area contributed by atoms with Gasteiger partial charge < -0.3 is 9.88 Å². The van der Waals surface area contributed by atoms with Crippen molar-refractivity contribution in [2.24, 2.45) is 0 Å². The monoisotopic (exact) mass is 424 g/mol. The van der Waals surface area contributed by atoms with E-state index in [0.717, 1.165) is 43.0 Å². The van der Waals surface area contributed by atoms with Crippen LogP contribution in [0.4, 0.5) is 0 Å². The number of aromatic amines is 1. The summed E-state index contributed by atoms with van der Waals surface area (Å²) in [5.41, 5.74) is 4.57. The second-order valence-electron chi connectivity index (χ2n) is 8.34. The molecule has 0 atom stereocenters. The number of rotatable bonds is 6. The lowest BCUT2D eigenvalue weighted by molar-refractivity contribution is -0.133. The van der Waals surface area contributed by atoms with Crippen molar-refractivity contribution >= 4 is 16.9 Å². The molecule has 1 amide bonds. The van der Waals surface area contributed by atoms with E-state index in [9.17, 15) is 4.79 Å². The average Bonchev–Trinajstić information content (AvgIpc) is 3.28. The highest BCUT2D eigenvalue weighted by Gasteiger charge is 2.28. The third-order valence-corrected chi connectivity index (χ3v) is 6.28. The summed E-state index contributed by atoms with van der Waals surface area (Å²) in [6.07, 6.45) is 1.13. The number of nitrogens with one attached hydrogen (secondary N) is 1. The first-order valence-corrected chi connectivity index (χ1v) is 11.3. The highest BCUT2D eigenvalue weighted by atomic mass is 16.2. The number of hydrogen-bond donors (Lipinski definition) is 1. The Morgan fingerprint density at radius 3 is 2.03 bits per heavy atom. The number of fused-ring (bicyclic) bond motifs is 1. The van der Waals surface area contributed by atoms with Gasteiger partial charge in [-0.2, -0.15) is 0 Å². The summed E-state index contributed by atoms with van der Waals surface area (Å²) in [6.45, 7) is 3.25. The number of nitrogens with zero attached hydrogens (tertiary/aromatic N) is 3. The molecule has 1 fully saturated rings. The van der Waals surface area contributed by atoms with Crippen molar-refractivity contribution in [1.82, 2.24) is 19.8 Å². The number of imidazole rings is 1. The van der Waals surface area contributed by atoms with Crippen LogP contribution < -0.4 is 0 Å². The topological polar surface area (TPSA) is 52.2 Å². The fourth-order valence-corrected chi connectivity index (χ4v) is 4.62. The van der Waals surface area contributed by atoms with Crippen LogP contribution in [0.5, 0.6) is 0 Å². The van der Waals surface area contributed by atoms with Gasteiger partial charge in [0.15, 0.2) is 0 Å². The van der Waals surface area contributed by atoms with Crippen LogP contribution in [0.1, 0.15) is 29.4 Å². The molecule has 2 heterocycles. The SMILES string of the molecule is O=C(CCc1nc2ccccc2[nH]1)N1CCN(C(c2ccccc2)c2ccccc2)CC1. The zero-order valence-corrected chi connectivity index (χ0v) is 18.2. The number of benzene rings is 3. The number of piperazine rings is 1. The van der Waals surface area contributed by atoms with Crippen LogP contribution in [-0.4, -0.2) is 51.9 Å². The second-order valence-corrected chi connectivity index (χ2v) is 8.34. The highest BCUT2D eigenvalue weighted by molar-refractivity contribution is 5.77. The predicted molar refractivity (Wildman–Crippen MR) is 127 cm³/mol. The maximum Gasteiger partial charge on any atom is 0.223 e. The minimum atomic E-state index is 0.209. The van der Waals surface area contributed by atoms with E-state index in [1.165, 1.54) is 11.1 Å². The standard InChI is InChI=1S/C27H28N4O/c32-26(16-15-25-28-23-13-7-8-14-24(23)29-25)30-17-19-31(20-18-30)27(21-9-3-1-4-10-21)22-11-5-2-6-12-22/h1-14,27H,15-20H2,(H,28,29). The average molecular weight is 425 g/mol. The fourth-order valence-electron chi connectivity index (χ4n) is 4.62. The van der Waals surface area contributed by atoms with E-state index in [0.29, 0.717) is 12.8 Å². The van der Waals surface area contributed by atoms with Crippen LogP contribution in [0, 0.1) is 0 Å². The maximum atomic E-state index is 12.9. The lowest BCUT2D eigenvalue weighted by Gasteiger charge is -2.39. The molecule has 162 valence electrons. The largest absolute Gasteiger partial charge is 0.342 e. The Kier molecular flexibility index (Phi) is 5.99. The molecule has 3 aromatic carbocycles. The van der Waals surface area contributed by atoms with Crippen molar-refractivity contribution in [2.75, 3.05) is 26.2 Å². The molecule has 4 aromatic rings. The third kappa shape index (κ3) is 4.43. The van der Waals surface area contributed by atoms with E-state index >= 15 is 0 Å². The number of aromatic nitrogens is 2. The van der Waals surface area contributed by atoms with Gasteiger partial charge >= 0.3 is 0 Å². The zero-order valence-electron chi connectivity index (χ0n) is 18.2. The Morgan fingerprint density at radius 2 is 1.41 bits per heavy atom. The van der Waals surface area contributed by atoms with E-state index in [1.807, 2.05) is 29.2 Å². The van der Waals surface area contributed by atoms with Gasteiger partial charge in [-0.25, -0.2) is 4.98 Å². The quantitative estimate of drug-likeness (QED) is 0.498. The van der Waals surface area contributed by atoms with Crippen molar-refractivity contribution in [2.45, 2.75) is 18.9 Å². The third-order valence-electron chi connectivity index (χ3n) is 6.28. The number of carbonyl (C=O) groups is 1. The molecule has 1 aromatic heterocycles. The summed E-state index contributed by atoms with van der Waals surface area (Å²) >= 11 is 0. The maximum absolute atomic E-state index is 12.9. The van der Waals surface area contributed by atoms with E-state index in [-0.39, 0.29) is 11.9 Å². The first kappa shape index (κ1) is 20.5. The van der Waals surface area contributed by atoms with Gasteiger partial charge in [0.2, 0.25) is 5.91 Å². The van der Waals surface area contributed by atoms with E-state index in [4.69, 9.17) is 0 Å². The molecule has 0 radical (unpaired) electrons. The smallest absolute Gasteiger partial charge is 0.223 e. The summed E-state index contributed by atoms with van der Waals surface area (Å²) in [4.78, 5) is 25.3. The van der Waals surface area contributed by atoms with Crippen LogP contribution in [0.3, 0.4) is 0 Å². The molecule has 5 heteroatoms. The molecule has 1 aliphatic heterocycles. The molecule has 0 unspecified atom stereocenters. The van der Waals surface area contributed by atoms with Gasteiger partial charge in [0.1, 0.15) is 5.82 Å². The van der Waals surface area contributed by atoms with E-state index in [2.05, 4.69) is 75.5 Å². The normalized spacial score (nSPS) is 14.8. The van der Waals surface area contributed by atoms with E-state index < -0.39 is 0 Å². The molecule has 1 N–H and O–H groups in total. The van der Waals surface area contributed by atoms with Crippen molar-refractivity contribution < 1.29 is 4.79 Å². The zero-order chi connectivity index (χ0) is 21.8. The first-order valence-electron chi connectivity index (χ1n) is 11.3. The van der Waals surface area contributed by atoms with Gasteiger partial charge in [-0.1, -0.05) is 72.8 Å². The predicted octanol–water partition coefficient (Wildman–Crippen LogP) is 4.43. The Bertz CT molecular complexity index is 1090. The molecular weight excluding hydrogens is 396 g/mol. The molecule has 1 aliphatic rings. The molecule has 5 nitrogen and oxygen atoms in total. The van der Waals surface area contributed by atoms with Crippen molar-refractivity contribution in [3.63, 3.8) is 0 Å². The van der Waals surface area contributed by atoms with Crippen molar-refractivity contribution in [3.8, 4) is 0 Å². The lowest BCUT2D eigenvalue weighted by Crippen LogP contribution is -2.49. The molecule has 0 saturated carbocycles. The summed E-state index contributed by atoms with van der Waals surface area (Å²) in [5, 5.41) is 0. The molecule has 0 aliphatic carbocycles. The van der Waals surface area contributed by atoms with Crippen molar-refractivity contribution in [1.29, 1.82) is 0 Å². The first-order chi connectivity index (χ1) is 15.8. The van der Waals surface area contributed by atoms with Crippen LogP contribution in [-0.2, 0) is 11.2 Å². The van der Waals surface area contributed by atoms with E-state index in [1.54, 1.807) is 0 Å². The molecule has 32 heavy (non-hydrogen) atoms. The Balaban J connectivity index is 1.22. The molecule has 0 bridgehead atoms. The van der Waals surface area contributed by atoms with Gasteiger partial charge in [-0.05, 0) is 23.3 Å². The Morgan fingerprint density at radius 1 is 0.812 bits per heavy atom. The van der Waals surface area contributed by atoms with Crippen molar-refractivity contribution in [3.05, 3.63) is 102 Å². The highest BCUT2D eigenvalue weighted by Crippen LogP contribution is 2.29. The number of hydrogen-bond acceptors (Lipinski definition) is 3. The summed E-state index contributed by atoms with van der Waals surface area (Å²) < 4.78 is 0. The Labute approximate surface area is 188 Å². The molecule has 1 saturated heterocycles. The van der Waals surface area contributed by atoms with Crippen LogP contribution in [0.15, 0.2) is 84.9 Å². The number of amides is 1. The number of carbonyl (C=O) groups excluding carboxylic acids is 1. The number of aryl methyl sites for hydroxylation is 1.